The van der Waals surface area contributed by atoms with Crippen LogP contribution in [-0.4, -0.2) is 16.1 Å². The standard InChI is InChI=1S/C16H14FNO2/c1-9-12(11-4-2-3-5-14(11)17)8-13(16(19)20)15(18-9)10-6-7-10/h2-5,8,10H,6-7H2,1H3,(H,19,20). The zero-order valence-electron chi connectivity index (χ0n) is 11.1. The van der Waals surface area contributed by atoms with Gasteiger partial charge in [-0.2, -0.15) is 0 Å². The second kappa shape index (κ2) is 4.71. The molecule has 0 amide bonds. The van der Waals surface area contributed by atoms with Gasteiger partial charge in [0.15, 0.2) is 0 Å². The number of nitrogens with zero attached hydrogens (tertiary/aromatic N) is 1. The van der Waals surface area contributed by atoms with Gasteiger partial charge >= 0.3 is 5.97 Å². The molecule has 1 saturated carbocycles. The Morgan fingerprint density at radius 2 is 2.00 bits per heavy atom. The first-order chi connectivity index (χ1) is 9.58. The summed E-state index contributed by atoms with van der Waals surface area (Å²) in [6, 6.07) is 7.90. The van der Waals surface area contributed by atoms with Crippen molar-refractivity contribution in [1.29, 1.82) is 0 Å². The highest BCUT2D eigenvalue weighted by Crippen LogP contribution is 2.42. The van der Waals surface area contributed by atoms with Crippen LogP contribution in [0.1, 0.15) is 40.5 Å². The van der Waals surface area contributed by atoms with Crippen LogP contribution in [-0.2, 0) is 0 Å². The molecule has 0 saturated heterocycles. The highest BCUT2D eigenvalue weighted by molar-refractivity contribution is 5.91. The van der Waals surface area contributed by atoms with E-state index in [9.17, 15) is 14.3 Å². The molecule has 1 aromatic carbocycles. The minimum absolute atomic E-state index is 0.191. The van der Waals surface area contributed by atoms with Gasteiger partial charge in [0.1, 0.15) is 5.82 Å². The van der Waals surface area contributed by atoms with Crippen LogP contribution in [0.25, 0.3) is 11.1 Å². The molecule has 1 heterocycles. The maximum absolute atomic E-state index is 13.9. The minimum atomic E-state index is -1.00. The first-order valence-corrected chi connectivity index (χ1v) is 6.57. The number of aromatic carboxylic acids is 1. The van der Waals surface area contributed by atoms with Crippen LogP contribution in [0.2, 0.25) is 0 Å². The molecule has 2 aromatic rings. The number of carbonyl (C=O) groups is 1. The van der Waals surface area contributed by atoms with Crippen molar-refractivity contribution in [3.05, 3.63) is 53.1 Å². The highest BCUT2D eigenvalue weighted by atomic mass is 19.1. The van der Waals surface area contributed by atoms with E-state index in [4.69, 9.17) is 0 Å². The molecule has 3 nitrogen and oxygen atoms in total. The van der Waals surface area contributed by atoms with Gasteiger partial charge in [-0.1, -0.05) is 18.2 Å². The van der Waals surface area contributed by atoms with Crippen LogP contribution in [0, 0.1) is 12.7 Å². The maximum atomic E-state index is 13.9. The van der Waals surface area contributed by atoms with E-state index < -0.39 is 5.97 Å². The quantitative estimate of drug-likeness (QED) is 0.924. The van der Waals surface area contributed by atoms with E-state index in [0.717, 1.165) is 12.8 Å². The number of rotatable bonds is 3. The third kappa shape index (κ3) is 2.18. The van der Waals surface area contributed by atoms with E-state index in [1.807, 2.05) is 0 Å². The van der Waals surface area contributed by atoms with Crippen LogP contribution in [0.15, 0.2) is 30.3 Å². The molecule has 1 fully saturated rings. The number of halogens is 1. The van der Waals surface area contributed by atoms with Gasteiger partial charge < -0.3 is 5.11 Å². The maximum Gasteiger partial charge on any atom is 0.337 e. The van der Waals surface area contributed by atoms with Crippen molar-refractivity contribution in [1.82, 2.24) is 4.98 Å². The number of aromatic nitrogens is 1. The zero-order chi connectivity index (χ0) is 14.3. The van der Waals surface area contributed by atoms with Gasteiger partial charge in [-0.3, -0.25) is 4.98 Å². The Hall–Kier alpha value is -2.23. The summed E-state index contributed by atoms with van der Waals surface area (Å²) >= 11 is 0. The van der Waals surface area contributed by atoms with Gasteiger partial charge in [0.25, 0.3) is 0 Å². The Morgan fingerprint density at radius 1 is 1.30 bits per heavy atom. The average Bonchev–Trinajstić information content (AvgIpc) is 3.23. The number of aryl methyl sites for hydroxylation is 1. The highest BCUT2D eigenvalue weighted by Gasteiger charge is 2.30. The molecule has 1 aliphatic carbocycles. The third-order valence-electron chi connectivity index (χ3n) is 3.60. The lowest BCUT2D eigenvalue weighted by Gasteiger charge is -2.11. The Kier molecular flexibility index (Phi) is 3.01. The fourth-order valence-electron chi connectivity index (χ4n) is 2.42. The molecule has 0 aliphatic heterocycles. The molecule has 0 atom stereocenters. The molecule has 0 radical (unpaired) electrons. The SMILES string of the molecule is Cc1nc(C2CC2)c(C(=O)O)cc1-c1ccccc1F. The first kappa shape index (κ1) is 12.8. The molecule has 1 aliphatic rings. The van der Waals surface area contributed by atoms with Crippen molar-refractivity contribution < 1.29 is 14.3 Å². The zero-order valence-corrected chi connectivity index (χ0v) is 11.1. The lowest BCUT2D eigenvalue weighted by Crippen LogP contribution is -2.07. The van der Waals surface area contributed by atoms with Gasteiger partial charge in [-0.15, -0.1) is 0 Å². The molecular formula is C16H14FNO2. The van der Waals surface area contributed by atoms with E-state index in [1.165, 1.54) is 6.07 Å². The molecule has 0 spiro atoms. The van der Waals surface area contributed by atoms with Gasteiger partial charge in [-0.25, -0.2) is 9.18 Å². The summed E-state index contributed by atoms with van der Waals surface area (Å²) in [6.07, 6.45) is 1.96. The number of pyridine rings is 1. The summed E-state index contributed by atoms with van der Waals surface area (Å²) in [6.45, 7) is 1.79. The van der Waals surface area contributed by atoms with Crippen molar-refractivity contribution in [2.45, 2.75) is 25.7 Å². The number of carboxylic acid groups (broad SMARTS) is 1. The van der Waals surface area contributed by atoms with E-state index in [2.05, 4.69) is 4.98 Å². The van der Waals surface area contributed by atoms with Gasteiger partial charge in [0, 0.05) is 22.7 Å². The summed E-state index contributed by atoms with van der Waals surface area (Å²) in [5.41, 5.74) is 2.43. The number of carboxylic acids is 1. The fourth-order valence-corrected chi connectivity index (χ4v) is 2.42. The first-order valence-electron chi connectivity index (χ1n) is 6.57. The lowest BCUT2D eigenvalue weighted by molar-refractivity contribution is 0.0695. The summed E-state index contributed by atoms with van der Waals surface area (Å²) < 4.78 is 13.9. The molecule has 20 heavy (non-hydrogen) atoms. The van der Waals surface area contributed by atoms with E-state index >= 15 is 0 Å². The van der Waals surface area contributed by atoms with Crippen LogP contribution < -0.4 is 0 Å². The van der Waals surface area contributed by atoms with Crippen LogP contribution in [0.5, 0.6) is 0 Å². The third-order valence-corrected chi connectivity index (χ3v) is 3.60. The Bertz CT molecular complexity index is 693. The molecule has 102 valence electrons. The van der Waals surface area contributed by atoms with E-state index in [1.54, 1.807) is 31.2 Å². The average molecular weight is 271 g/mol. The predicted octanol–water partition coefficient (Wildman–Crippen LogP) is 3.77. The monoisotopic (exact) mass is 271 g/mol. The second-order valence-corrected chi connectivity index (χ2v) is 5.11. The van der Waals surface area contributed by atoms with Crippen molar-refractivity contribution in [3.63, 3.8) is 0 Å². The van der Waals surface area contributed by atoms with Gasteiger partial charge in [0.05, 0.1) is 11.3 Å². The summed E-state index contributed by atoms with van der Waals surface area (Å²) in [7, 11) is 0. The molecule has 0 unspecified atom stereocenters. The summed E-state index contributed by atoms with van der Waals surface area (Å²) in [5, 5.41) is 9.34. The summed E-state index contributed by atoms with van der Waals surface area (Å²) in [5.74, 6) is -1.13. The van der Waals surface area contributed by atoms with Crippen molar-refractivity contribution >= 4 is 5.97 Å². The Labute approximate surface area is 116 Å². The molecular weight excluding hydrogens is 257 g/mol. The van der Waals surface area contributed by atoms with Crippen LogP contribution in [0.4, 0.5) is 4.39 Å². The van der Waals surface area contributed by atoms with Gasteiger partial charge in [-0.05, 0) is 31.9 Å². The molecule has 3 rings (SSSR count). The summed E-state index contributed by atoms with van der Waals surface area (Å²) in [4.78, 5) is 15.8. The van der Waals surface area contributed by atoms with E-state index in [-0.39, 0.29) is 17.3 Å². The largest absolute Gasteiger partial charge is 0.478 e. The Balaban J connectivity index is 2.19. The van der Waals surface area contributed by atoms with Gasteiger partial charge in [0.2, 0.25) is 0 Å². The smallest absolute Gasteiger partial charge is 0.337 e. The van der Waals surface area contributed by atoms with Crippen molar-refractivity contribution in [3.8, 4) is 11.1 Å². The Morgan fingerprint density at radius 3 is 2.60 bits per heavy atom. The number of benzene rings is 1. The number of hydrogen-bond acceptors (Lipinski definition) is 2. The predicted molar refractivity (Wildman–Crippen MR) is 73.3 cm³/mol. The molecule has 1 aromatic heterocycles. The van der Waals surface area contributed by atoms with Crippen LogP contribution >= 0.6 is 0 Å². The number of hydrogen-bond donors (Lipinski definition) is 1. The normalized spacial score (nSPS) is 14.3. The lowest BCUT2D eigenvalue weighted by atomic mass is 9.99. The topological polar surface area (TPSA) is 50.2 Å². The minimum Gasteiger partial charge on any atom is -0.478 e. The van der Waals surface area contributed by atoms with Crippen molar-refractivity contribution in [2.75, 3.05) is 0 Å². The molecule has 0 bridgehead atoms. The van der Waals surface area contributed by atoms with Crippen LogP contribution in [0.3, 0.4) is 0 Å². The molecule has 1 N–H and O–H groups in total. The molecule has 4 heteroatoms. The van der Waals surface area contributed by atoms with E-state index in [0.29, 0.717) is 22.5 Å². The second-order valence-electron chi connectivity index (χ2n) is 5.11. The fraction of sp³-hybridized carbons (Fsp3) is 0.250. The van der Waals surface area contributed by atoms with Crippen molar-refractivity contribution in [2.24, 2.45) is 0 Å².